The van der Waals surface area contributed by atoms with E-state index in [4.69, 9.17) is 18.9 Å². The van der Waals surface area contributed by atoms with Gasteiger partial charge in [0.05, 0.1) is 6.61 Å². The van der Waals surface area contributed by atoms with Crippen LogP contribution in [-0.2, 0) is 24.1 Å². The van der Waals surface area contributed by atoms with Gasteiger partial charge in [-0.3, -0.25) is 0 Å². The first kappa shape index (κ1) is 10.9. The van der Waals surface area contributed by atoms with E-state index in [0.717, 1.165) is 0 Å². The molecule has 0 saturated carbocycles. The zero-order chi connectivity index (χ0) is 9.84. The molecule has 1 fully saturated rings. The van der Waals surface area contributed by atoms with Crippen LogP contribution in [0, 0.1) is 0 Å². The first-order valence-electron chi connectivity index (χ1n) is 4.10. The molecule has 5 nitrogen and oxygen atoms in total. The average molecular weight is 191 g/mol. The molecule has 1 heterocycles. The maximum absolute atomic E-state index is 11.3. The molecule has 0 spiro atoms. The molecule has 4 atom stereocenters. The molecule has 1 rings (SSSR count). The first-order chi connectivity index (χ1) is 6.24. The van der Waals surface area contributed by atoms with Crippen molar-refractivity contribution in [1.29, 1.82) is 0 Å². The normalized spacial score (nSPS) is 40.6. The summed E-state index contributed by atoms with van der Waals surface area (Å²) in [5.74, 6) is 0. The molecule has 77 valence electrons. The lowest BCUT2D eigenvalue weighted by Crippen LogP contribution is -2.54. The molecule has 1 saturated heterocycles. The van der Waals surface area contributed by atoms with Gasteiger partial charge < -0.3 is 18.9 Å². The predicted octanol–water partition coefficient (Wildman–Crippen LogP) is -0.182. The van der Waals surface area contributed by atoms with E-state index in [9.17, 15) is 5.11 Å². The minimum absolute atomic E-state index is 0.236. The Labute approximate surface area is 77.5 Å². The molecule has 0 amide bonds. The van der Waals surface area contributed by atoms with Gasteiger partial charge in [0.25, 0.3) is 0 Å². The van der Waals surface area contributed by atoms with Crippen molar-refractivity contribution in [3.8, 4) is 0 Å². The molecule has 0 N–H and O–H groups in total. The van der Waals surface area contributed by atoms with Crippen molar-refractivity contribution >= 4 is 0 Å². The van der Waals surface area contributed by atoms with Gasteiger partial charge >= 0.3 is 0 Å². The van der Waals surface area contributed by atoms with Crippen LogP contribution in [-0.4, -0.2) is 52.5 Å². The summed E-state index contributed by atoms with van der Waals surface area (Å²) < 4.78 is 20.2. The van der Waals surface area contributed by atoms with Gasteiger partial charge in [-0.05, 0) is 0 Å². The third kappa shape index (κ3) is 2.18. The SMILES string of the molecule is CO[C@@H]1[C@@H](OC)[C@H](OC)CO[C@H]1[O]. The number of rotatable bonds is 3. The highest BCUT2D eigenvalue weighted by Gasteiger charge is 2.41. The summed E-state index contributed by atoms with van der Waals surface area (Å²) in [4.78, 5) is 0. The van der Waals surface area contributed by atoms with Crippen LogP contribution in [0.1, 0.15) is 0 Å². The van der Waals surface area contributed by atoms with Gasteiger partial charge in [0.2, 0.25) is 6.29 Å². The summed E-state index contributed by atoms with van der Waals surface area (Å²) in [5.41, 5.74) is 0. The molecule has 0 aromatic rings. The van der Waals surface area contributed by atoms with E-state index in [1.54, 1.807) is 7.11 Å². The summed E-state index contributed by atoms with van der Waals surface area (Å²) >= 11 is 0. The van der Waals surface area contributed by atoms with Crippen molar-refractivity contribution < 1.29 is 24.1 Å². The van der Waals surface area contributed by atoms with Crippen LogP contribution in [0.15, 0.2) is 0 Å². The van der Waals surface area contributed by atoms with Crippen LogP contribution in [0.5, 0.6) is 0 Å². The number of methoxy groups -OCH3 is 3. The lowest BCUT2D eigenvalue weighted by Gasteiger charge is -2.37. The number of hydrogen-bond donors (Lipinski definition) is 0. The largest absolute Gasteiger partial charge is 0.376 e. The van der Waals surface area contributed by atoms with E-state index in [2.05, 4.69) is 0 Å². The van der Waals surface area contributed by atoms with Gasteiger partial charge in [-0.15, -0.1) is 0 Å². The first-order valence-corrected chi connectivity index (χ1v) is 4.10. The van der Waals surface area contributed by atoms with Crippen LogP contribution in [0.3, 0.4) is 0 Å². The Morgan fingerprint density at radius 3 is 2.15 bits per heavy atom. The van der Waals surface area contributed by atoms with Crippen LogP contribution >= 0.6 is 0 Å². The molecule has 0 bridgehead atoms. The van der Waals surface area contributed by atoms with Crippen molar-refractivity contribution in [1.82, 2.24) is 0 Å². The van der Waals surface area contributed by atoms with Gasteiger partial charge in [-0.25, -0.2) is 0 Å². The van der Waals surface area contributed by atoms with Crippen LogP contribution < -0.4 is 0 Å². The number of ether oxygens (including phenoxy) is 4. The highest BCUT2D eigenvalue weighted by molar-refractivity contribution is 4.85. The second kappa shape index (κ2) is 4.88. The predicted molar refractivity (Wildman–Crippen MR) is 42.8 cm³/mol. The van der Waals surface area contributed by atoms with E-state index < -0.39 is 12.4 Å². The van der Waals surface area contributed by atoms with Gasteiger partial charge in [-0.2, -0.15) is 5.11 Å². The second-order valence-electron chi connectivity index (χ2n) is 2.88. The third-order valence-electron chi connectivity index (χ3n) is 2.23. The Hall–Kier alpha value is -0.200. The van der Waals surface area contributed by atoms with E-state index in [1.807, 2.05) is 0 Å². The standard InChI is InChI=1S/C8H15O5/c1-10-5-4-13-8(9)7(12-3)6(5)11-2/h5-8H,4H2,1-3H3/t5-,6+,7-,8-/m1/s1. The maximum Gasteiger partial charge on any atom is 0.220 e. The lowest BCUT2D eigenvalue weighted by molar-refractivity contribution is -0.285. The quantitative estimate of drug-likeness (QED) is 0.621. The van der Waals surface area contributed by atoms with Crippen LogP contribution in [0.4, 0.5) is 0 Å². The highest BCUT2D eigenvalue weighted by atomic mass is 16.7. The topological polar surface area (TPSA) is 56.8 Å². The summed E-state index contributed by atoms with van der Waals surface area (Å²) in [6, 6.07) is 0. The van der Waals surface area contributed by atoms with E-state index in [0.29, 0.717) is 0 Å². The molecule has 0 aromatic carbocycles. The minimum atomic E-state index is -1.19. The summed E-state index contributed by atoms with van der Waals surface area (Å²) in [7, 11) is 4.54. The van der Waals surface area contributed by atoms with Crippen LogP contribution in [0.2, 0.25) is 0 Å². The molecule has 1 aliphatic heterocycles. The average Bonchev–Trinajstić information content (AvgIpc) is 2.17. The van der Waals surface area contributed by atoms with Gasteiger partial charge in [0.15, 0.2) is 0 Å². The van der Waals surface area contributed by atoms with E-state index >= 15 is 0 Å². The third-order valence-corrected chi connectivity index (χ3v) is 2.23. The highest BCUT2D eigenvalue weighted by Crippen LogP contribution is 2.20. The second-order valence-corrected chi connectivity index (χ2v) is 2.88. The molecule has 1 aliphatic rings. The van der Waals surface area contributed by atoms with E-state index in [-0.39, 0.29) is 18.8 Å². The fraction of sp³-hybridized carbons (Fsp3) is 1.00. The van der Waals surface area contributed by atoms with Crippen molar-refractivity contribution in [2.24, 2.45) is 0 Å². The van der Waals surface area contributed by atoms with Crippen LogP contribution in [0.25, 0.3) is 0 Å². The van der Waals surface area contributed by atoms with E-state index in [1.165, 1.54) is 14.2 Å². The minimum Gasteiger partial charge on any atom is -0.376 e. The lowest BCUT2D eigenvalue weighted by atomic mass is 10.1. The smallest absolute Gasteiger partial charge is 0.220 e. The maximum atomic E-state index is 11.3. The Morgan fingerprint density at radius 1 is 1.08 bits per heavy atom. The molecule has 5 heteroatoms. The Bertz CT molecular complexity index is 151. The molecular formula is C8H15O5. The van der Waals surface area contributed by atoms with Crippen molar-refractivity contribution in [2.45, 2.75) is 24.6 Å². The molecule has 0 unspecified atom stereocenters. The Kier molecular flexibility index (Phi) is 4.08. The zero-order valence-corrected chi connectivity index (χ0v) is 8.06. The summed E-state index contributed by atoms with van der Waals surface area (Å²) in [6.07, 6.45) is -2.39. The van der Waals surface area contributed by atoms with Gasteiger partial charge in [0.1, 0.15) is 18.3 Å². The Balaban J connectivity index is 2.64. The molecule has 13 heavy (non-hydrogen) atoms. The summed E-state index contributed by atoms with van der Waals surface area (Å²) in [6.45, 7) is 0.253. The molecule has 0 aliphatic carbocycles. The Morgan fingerprint density at radius 2 is 1.69 bits per heavy atom. The zero-order valence-electron chi connectivity index (χ0n) is 8.06. The molecule has 1 radical (unpaired) electrons. The van der Waals surface area contributed by atoms with Crippen molar-refractivity contribution in [3.05, 3.63) is 0 Å². The van der Waals surface area contributed by atoms with Crippen molar-refractivity contribution in [2.75, 3.05) is 27.9 Å². The van der Waals surface area contributed by atoms with Gasteiger partial charge in [0, 0.05) is 21.3 Å². The fourth-order valence-electron chi connectivity index (χ4n) is 1.48. The number of hydrogen-bond acceptors (Lipinski definition) is 4. The monoisotopic (exact) mass is 191 g/mol. The van der Waals surface area contributed by atoms with Gasteiger partial charge in [-0.1, -0.05) is 0 Å². The van der Waals surface area contributed by atoms with Crippen molar-refractivity contribution in [3.63, 3.8) is 0 Å². The molecule has 0 aromatic heterocycles. The molecular weight excluding hydrogens is 176 g/mol. The summed E-state index contributed by atoms with van der Waals surface area (Å²) in [5, 5.41) is 11.3. The fourth-order valence-corrected chi connectivity index (χ4v) is 1.48.